The summed E-state index contributed by atoms with van der Waals surface area (Å²) in [6.07, 6.45) is 3.69. The first kappa shape index (κ1) is 16.8. The summed E-state index contributed by atoms with van der Waals surface area (Å²) in [5.74, 6) is 0.557. The van der Waals surface area contributed by atoms with Crippen LogP contribution in [0.4, 0.5) is 0 Å². The third-order valence-corrected chi connectivity index (χ3v) is 5.06. The van der Waals surface area contributed by atoms with Crippen molar-refractivity contribution in [1.82, 2.24) is 19.6 Å². The lowest BCUT2D eigenvalue weighted by Crippen LogP contribution is -2.30. The molecule has 8 heteroatoms. The van der Waals surface area contributed by atoms with Crippen molar-refractivity contribution in [3.8, 4) is 0 Å². The lowest BCUT2D eigenvalue weighted by atomic mass is 10.1. The fraction of sp³-hybridized carbons (Fsp3) is 0.643. The molecule has 1 fully saturated rings. The number of hydrogen-bond donors (Lipinski definition) is 1. The molecule has 122 valence electrons. The Morgan fingerprint density at radius 2 is 2.18 bits per heavy atom. The summed E-state index contributed by atoms with van der Waals surface area (Å²) in [4.78, 5) is 20.1. The number of rotatable bonds is 5. The number of sulfonamides is 1. The maximum Gasteiger partial charge on any atom is 0.220 e. The van der Waals surface area contributed by atoms with Gasteiger partial charge in [0, 0.05) is 25.7 Å². The van der Waals surface area contributed by atoms with E-state index < -0.39 is 10.0 Å². The standard InChI is InChI=1S/C14H22N4O3S/c1-10-16-11(6-7-14(19)15-2)9-12(17-10)13-5-4-8-18(13)22(3,20)21/h9,13H,4-8H2,1-3H3,(H,15,19)/t13-/m1/s1. The molecule has 1 aliphatic rings. The summed E-state index contributed by atoms with van der Waals surface area (Å²) in [5, 5.41) is 2.58. The van der Waals surface area contributed by atoms with Gasteiger partial charge in [0.05, 0.1) is 18.0 Å². The Hall–Kier alpha value is -1.54. The molecule has 1 aliphatic heterocycles. The number of carbonyl (C=O) groups excluding carboxylic acids is 1. The largest absolute Gasteiger partial charge is 0.359 e. The fourth-order valence-corrected chi connectivity index (χ4v) is 3.89. The molecule has 1 aromatic rings. The minimum atomic E-state index is -3.25. The Labute approximate surface area is 131 Å². The van der Waals surface area contributed by atoms with E-state index in [1.807, 2.05) is 6.07 Å². The van der Waals surface area contributed by atoms with Gasteiger partial charge in [-0.05, 0) is 32.3 Å². The molecule has 2 heterocycles. The van der Waals surface area contributed by atoms with Crippen LogP contribution in [0.2, 0.25) is 0 Å². The molecule has 22 heavy (non-hydrogen) atoms. The number of aryl methyl sites for hydroxylation is 2. The highest BCUT2D eigenvalue weighted by Crippen LogP contribution is 2.33. The van der Waals surface area contributed by atoms with E-state index in [0.717, 1.165) is 24.2 Å². The van der Waals surface area contributed by atoms with Crippen LogP contribution in [0, 0.1) is 6.92 Å². The normalized spacial score (nSPS) is 19.3. The van der Waals surface area contributed by atoms with Crippen LogP contribution in [-0.2, 0) is 21.2 Å². The quantitative estimate of drug-likeness (QED) is 0.853. The van der Waals surface area contributed by atoms with Crippen molar-refractivity contribution < 1.29 is 13.2 Å². The van der Waals surface area contributed by atoms with E-state index in [2.05, 4.69) is 15.3 Å². The zero-order valence-electron chi connectivity index (χ0n) is 13.2. The fourth-order valence-electron chi connectivity index (χ4n) is 2.75. The van der Waals surface area contributed by atoms with Crippen molar-refractivity contribution in [2.75, 3.05) is 19.8 Å². The Kier molecular flexibility index (Phi) is 5.12. The minimum absolute atomic E-state index is 0.0450. The average Bonchev–Trinajstić information content (AvgIpc) is 2.93. The van der Waals surface area contributed by atoms with Gasteiger partial charge in [-0.15, -0.1) is 0 Å². The summed E-state index contributed by atoms with van der Waals surface area (Å²) >= 11 is 0. The van der Waals surface area contributed by atoms with Crippen LogP contribution >= 0.6 is 0 Å². The van der Waals surface area contributed by atoms with Crippen LogP contribution in [-0.4, -0.2) is 48.4 Å². The molecule has 1 amide bonds. The van der Waals surface area contributed by atoms with Crippen LogP contribution < -0.4 is 5.32 Å². The van der Waals surface area contributed by atoms with Crippen LogP contribution in [0.25, 0.3) is 0 Å². The van der Waals surface area contributed by atoms with Crippen molar-refractivity contribution in [2.24, 2.45) is 0 Å². The second kappa shape index (κ2) is 6.70. The zero-order valence-corrected chi connectivity index (χ0v) is 14.0. The highest BCUT2D eigenvalue weighted by molar-refractivity contribution is 7.88. The van der Waals surface area contributed by atoms with Crippen molar-refractivity contribution in [3.63, 3.8) is 0 Å². The van der Waals surface area contributed by atoms with Crippen molar-refractivity contribution in [1.29, 1.82) is 0 Å². The third-order valence-electron chi connectivity index (χ3n) is 3.77. The summed E-state index contributed by atoms with van der Waals surface area (Å²) in [6.45, 7) is 2.31. The molecule has 1 aromatic heterocycles. The van der Waals surface area contributed by atoms with Gasteiger partial charge in [0.1, 0.15) is 5.82 Å². The van der Waals surface area contributed by atoms with E-state index in [-0.39, 0.29) is 11.9 Å². The maximum absolute atomic E-state index is 11.9. The number of hydrogen-bond acceptors (Lipinski definition) is 5. The Bertz CT molecular complexity index is 660. The van der Waals surface area contributed by atoms with E-state index >= 15 is 0 Å². The summed E-state index contributed by atoms with van der Waals surface area (Å²) in [6, 6.07) is 1.60. The highest BCUT2D eigenvalue weighted by Gasteiger charge is 2.33. The monoisotopic (exact) mass is 326 g/mol. The molecule has 7 nitrogen and oxygen atoms in total. The summed E-state index contributed by atoms with van der Waals surface area (Å²) < 4.78 is 25.2. The van der Waals surface area contributed by atoms with E-state index in [1.165, 1.54) is 10.6 Å². The van der Waals surface area contributed by atoms with Gasteiger partial charge >= 0.3 is 0 Å². The molecule has 0 unspecified atom stereocenters. The van der Waals surface area contributed by atoms with E-state index in [0.29, 0.717) is 25.2 Å². The van der Waals surface area contributed by atoms with Crippen LogP contribution in [0.3, 0.4) is 0 Å². The predicted molar refractivity (Wildman–Crippen MR) is 82.7 cm³/mol. The minimum Gasteiger partial charge on any atom is -0.359 e. The summed E-state index contributed by atoms with van der Waals surface area (Å²) in [5.41, 5.74) is 1.49. The molecule has 0 saturated carbocycles. The number of carbonyl (C=O) groups is 1. The molecule has 1 atom stereocenters. The lowest BCUT2D eigenvalue weighted by Gasteiger charge is -2.22. The Morgan fingerprint density at radius 3 is 2.82 bits per heavy atom. The molecule has 2 rings (SSSR count). The molecule has 0 aromatic carbocycles. The maximum atomic E-state index is 11.9. The molecular formula is C14H22N4O3S. The number of amides is 1. The first-order valence-electron chi connectivity index (χ1n) is 7.33. The molecule has 1 saturated heterocycles. The molecule has 0 radical (unpaired) electrons. The van der Waals surface area contributed by atoms with Crippen molar-refractivity contribution >= 4 is 15.9 Å². The molecule has 0 bridgehead atoms. The van der Waals surface area contributed by atoms with Crippen molar-refractivity contribution in [3.05, 3.63) is 23.3 Å². The van der Waals surface area contributed by atoms with Crippen molar-refractivity contribution in [2.45, 2.75) is 38.6 Å². The van der Waals surface area contributed by atoms with Gasteiger partial charge in [0.25, 0.3) is 0 Å². The smallest absolute Gasteiger partial charge is 0.220 e. The SMILES string of the molecule is CNC(=O)CCc1cc([C@H]2CCCN2S(C)(=O)=O)nc(C)n1. The number of nitrogens with zero attached hydrogens (tertiary/aromatic N) is 3. The highest BCUT2D eigenvalue weighted by atomic mass is 32.2. The van der Waals surface area contributed by atoms with Gasteiger partial charge in [-0.2, -0.15) is 4.31 Å². The Balaban J connectivity index is 2.24. The zero-order chi connectivity index (χ0) is 16.3. The molecular weight excluding hydrogens is 304 g/mol. The van der Waals surface area contributed by atoms with E-state index in [9.17, 15) is 13.2 Å². The Morgan fingerprint density at radius 1 is 1.45 bits per heavy atom. The summed E-state index contributed by atoms with van der Waals surface area (Å²) in [7, 11) is -1.65. The second-order valence-electron chi connectivity index (χ2n) is 5.54. The number of aromatic nitrogens is 2. The van der Waals surface area contributed by atoms with Gasteiger partial charge in [-0.3, -0.25) is 4.79 Å². The lowest BCUT2D eigenvalue weighted by molar-refractivity contribution is -0.120. The molecule has 1 N–H and O–H groups in total. The second-order valence-corrected chi connectivity index (χ2v) is 7.47. The first-order chi connectivity index (χ1) is 10.3. The van der Waals surface area contributed by atoms with Gasteiger partial charge in [0.15, 0.2) is 0 Å². The average molecular weight is 326 g/mol. The number of nitrogens with one attached hydrogen (secondary N) is 1. The van der Waals surface area contributed by atoms with Gasteiger partial charge in [0.2, 0.25) is 15.9 Å². The van der Waals surface area contributed by atoms with Gasteiger partial charge < -0.3 is 5.32 Å². The van der Waals surface area contributed by atoms with E-state index in [1.54, 1.807) is 14.0 Å². The van der Waals surface area contributed by atoms with E-state index in [4.69, 9.17) is 0 Å². The predicted octanol–water partition coefficient (Wildman–Crippen LogP) is 0.560. The van der Waals surface area contributed by atoms with Crippen LogP contribution in [0.5, 0.6) is 0 Å². The molecule has 0 spiro atoms. The van der Waals surface area contributed by atoms with Crippen LogP contribution in [0.15, 0.2) is 6.07 Å². The van der Waals surface area contributed by atoms with Gasteiger partial charge in [-0.25, -0.2) is 18.4 Å². The first-order valence-corrected chi connectivity index (χ1v) is 9.18. The topological polar surface area (TPSA) is 92.3 Å². The van der Waals surface area contributed by atoms with Crippen LogP contribution in [0.1, 0.15) is 42.5 Å². The van der Waals surface area contributed by atoms with Gasteiger partial charge in [-0.1, -0.05) is 0 Å². The third kappa shape index (κ3) is 4.01. The molecule has 0 aliphatic carbocycles.